The van der Waals surface area contributed by atoms with Crippen molar-refractivity contribution in [3.63, 3.8) is 0 Å². The predicted molar refractivity (Wildman–Crippen MR) is 70.0 cm³/mol. The number of thioether (sulfide) groups is 1. The Morgan fingerprint density at radius 2 is 2.25 bits per heavy atom. The van der Waals surface area contributed by atoms with Crippen molar-refractivity contribution in [2.24, 2.45) is 0 Å². The van der Waals surface area contributed by atoms with E-state index in [9.17, 15) is 0 Å². The standard InChI is InChI=1S/C13H16N2S/c1-8-6-9(2)12-10(7-8)14-13(15-12)11-4-3-5-16-11/h6-7,11H,3-5H2,1-2H3,(H,14,15). The van der Waals surface area contributed by atoms with Crippen molar-refractivity contribution < 1.29 is 0 Å². The van der Waals surface area contributed by atoms with Crippen LogP contribution in [-0.4, -0.2) is 15.7 Å². The van der Waals surface area contributed by atoms with E-state index in [0.717, 1.165) is 5.52 Å². The van der Waals surface area contributed by atoms with Crippen LogP contribution in [0.25, 0.3) is 11.0 Å². The average molecular weight is 232 g/mol. The lowest BCUT2D eigenvalue weighted by Crippen LogP contribution is -1.90. The third-order valence-electron chi connectivity index (χ3n) is 3.17. The highest BCUT2D eigenvalue weighted by Gasteiger charge is 2.21. The van der Waals surface area contributed by atoms with Gasteiger partial charge in [0.05, 0.1) is 16.3 Å². The van der Waals surface area contributed by atoms with Gasteiger partial charge in [-0.15, -0.1) is 0 Å². The molecule has 0 bridgehead atoms. The fraction of sp³-hybridized carbons (Fsp3) is 0.462. The summed E-state index contributed by atoms with van der Waals surface area (Å²) in [7, 11) is 0. The lowest BCUT2D eigenvalue weighted by Gasteiger charge is -2.02. The van der Waals surface area contributed by atoms with Gasteiger partial charge in [0.1, 0.15) is 5.82 Å². The number of aromatic nitrogens is 2. The van der Waals surface area contributed by atoms with Crippen LogP contribution >= 0.6 is 11.8 Å². The van der Waals surface area contributed by atoms with E-state index in [1.807, 2.05) is 11.8 Å². The van der Waals surface area contributed by atoms with Gasteiger partial charge in [-0.25, -0.2) is 4.98 Å². The quantitative estimate of drug-likeness (QED) is 0.811. The first-order valence-corrected chi connectivity index (χ1v) is 6.87. The SMILES string of the molecule is Cc1cc(C)c2nc(C3CCCS3)[nH]c2c1. The molecule has 0 spiro atoms. The normalized spacial score (nSPS) is 20.8. The van der Waals surface area contributed by atoms with Crippen LogP contribution < -0.4 is 0 Å². The molecule has 1 aromatic heterocycles. The molecule has 0 aliphatic carbocycles. The van der Waals surface area contributed by atoms with E-state index >= 15 is 0 Å². The first-order chi connectivity index (χ1) is 7.74. The maximum absolute atomic E-state index is 4.76. The molecule has 1 N–H and O–H groups in total. The Morgan fingerprint density at radius 1 is 1.38 bits per heavy atom. The molecule has 2 nitrogen and oxygen atoms in total. The molecule has 3 heteroatoms. The number of hydrogen-bond donors (Lipinski definition) is 1. The Balaban J connectivity index is 2.11. The smallest absolute Gasteiger partial charge is 0.120 e. The molecular weight excluding hydrogens is 216 g/mol. The molecule has 0 amide bonds. The number of imidazole rings is 1. The summed E-state index contributed by atoms with van der Waals surface area (Å²) < 4.78 is 0. The summed E-state index contributed by atoms with van der Waals surface area (Å²) in [6.45, 7) is 4.28. The van der Waals surface area contributed by atoms with Gasteiger partial charge < -0.3 is 4.98 Å². The second kappa shape index (κ2) is 3.81. The van der Waals surface area contributed by atoms with Crippen molar-refractivity contribution in [3.8, 4) is 0 Å². The Labute approximate surface area is 99.8 Å². The predicted octanol–water partition coefficient (Wildman–Crippen LogP) is 3.75. The second-order valence-corrected chi connectivity index (χ2v) is 5.91. The number of H-pyrrole nitrogens is 1. The van der Waals surface area contributed by atoms with E-state index in [-0.39, 0.29) is 0 Å². The number of nitrogens with one attached hydrogen (secondary N) is 1. The van der Waals surface area contributed by atoms with Crippen LogP contribution in [0.1, 0.15) is 35.0 Å². The van der Waals surface area contributed by atoms with E-state index in [4.69, 9.17) is 4.98 Å². The van der Waals surface area contributed by atoms with E-state index in [1.165, 1.54) is 41.1 Å². The van der Waals surface area contributed by atoms with Crippen LogP contribution in [0.15, 0.2) is 12.1 Å². The average Bonchev–Trinajstić information content (AvgIpc) is 2.82. The number of rotatable bonds is 1. The van der Waals surface area contributed by atoms with Gasteiger partial charge in [-0.2, -0.15) is 11.8 Å². The van der Waals surface area contributed by atoms with Crippen molar-refractivity contribution >= 4 is 22.8 Å². The maximum Gasteiger partial charge on any atom is 0.120 e. The number of fused-ring (bicyclic) bond motifs is 1. The maximum atomic E-state index is 4.76. The Morgan fingerprint density at radius 3 is 3.00 bits per heavy atom. The number of aryl methyl sites for hydroxylation is 2. The molecule has 1 aliphatic rings. The number of aromatic amines is 1. The van der Waals surface area contributed by atoms with Gasteiger partial charge in [-0.3, -0.25) is 0 Å². The summed E-state index contributed by atoms with van der Waals surface area (Å²) in [5, 5.41) is 0.590. The molecular formula is C13H16N2S. The molecule has 1 saturated heterocycles. The molecule has 1 unspecified atom stereocenters. The van der Waals surface area contributed by atoms with Gasteiger partial charge in [0.2, 0.25) is 0 Å². The van der Waals surface area contributed by atoms with Crippen molar-refractivity contribution in [2.75, 3.05) is 5.75 Å². The Hall–Kier alpha value is -0.960. The fourth-order valence-electron chi connectivity index (χ4n) is 2.44. The van der Waals surface area contributed by atoms with Gasteiger partial charge in [-0.05, 0) is 49.6 Å². The lowest BCUT2D eigenvalue weighted by molar-refractivity contribution is 0.793. The molecule has 1 aromatic carbocycles. The third-order valence-corrected chi connectivity index (χ3v) is 4.56. The third kappa shape index (κ3) is 1.63. The minimum atomic E-state index is 0.590. The molecule has 1 fully saturated rings. The zero-order chi connectivity index (χ0) is 11.1. The second-order valence-electron chi connectivity index (χ2n) is 4.60. The highest BCUT2D eigenvalue weighted by Crippen LogP contribution is 2.39. The molecule has 16 heavy (non-hydrogen) atoms. The summed E-state index contributed by atoms with van der Waals surface area (Å²) in [5.74, 6) is 2.45. The highest BCUT2D eigenvalue weighted by atomic mass is 32.2. The summed E-state index contributed by atoms with van der Waals surface area (Å²) in [4.78, 5) is 8.25. The van der Waals surface area contributed by atoms with Crippen LogP contribution in [0.5, 0.6) is 0 Å². The van der Waals surface area contributed by atoms with Crippen molar-refractivity contribution in [1.82, 2.24) is 9.97 Å². The van der Waals surface area contributed by atoms with E-state index in [1.54, 1.807) is 0 Å². The minimum absolute atomic E-state index is 0.590. The lowest BCUT2D eigenvalue weighted by atomic mass is 10.1. The van der Waals surface area contributed by atoms with Crippen LogP contribution in [0, 0.1) is 13.8 Å². The van der Waals surface area contributed by atoms with Crippen LogP contribution in [0.3, 0.4) is 0 Å². The molecule has 0 radical (unpaired) electrons. The largest absolute Gasteiger partial charge is 0.341 e. The van der Waals surface area contributed by atoms with E-state index in [2.05, 4.69) is 31.0 Å². The number of nitrogens with zero attached hydrogens (tertiary/aromatic N) is 1. The van der Waals surface area contributed by atoms with Crippen molar-refractivity contribution in [2.45, 2.75) is 31.9 Å². The Kier molecular flexibility index (Phi) is 2.43. The molecule has 84 valence electrons. The van der Waals surface area contributed by atoms with E-state index in [0.29, 0.717) is 5.25 Å². The molecule has 1 atom stereocenters. The van der Waals surface area contributed by atoms with Crippen molar-refractivity contribution in [3.05, 3.63) is 29.1 Å². The summed E-state index contributed by atoms with van der Waals surface area (Å²) in [6, 6.07) is 4.40. The number of hydrogen-bond acceptors (Lipinski definition) is 2. The van der Waals surface area contributed by atoms with Gasteiger partial charge >= 0.3 is 0 Å². The van der Waals surface area contributed by atoms with Crippen molar-refractivity contribution in [1.29, 1.82) is 0 Å². The molecule has 0 saturated carbocycles. The molecule has 3 rings (SSSR count). The molecule has 1 aliphatic heterocycles. The zero-order valence-electron chi connectivity index (χ0n) is 9.71. The van der Waals surface area contributed by atoms with Crippen LogP contribution in [0.2, 0.25) is 0 Å². The Bertz CT molecular complexity index is 524. The monoisotopic (exact) mass is 232 g/mol. The first kappa shape index (κ1) is 10.2. The minimum Gasteiger partial charge on any atom is -0.341 e. The van der Waals surface area contributed by atoms with Gasteiger partial charge in [-0.1, -0.05) is 6.07 Å². The molecule has 2 heterocycles. The molecule has 2 aromatic rings. The summed E-state index contributed by atoms with van der Waals surface area (Å²) >= 11 is 2.03. The summed E-state index contributed by atoms with van der Waals surface area (Å²) in [6.07, 6.45) is 2.59. The van der Waals surface area contributed by atoms with Crippen LogP contribution in [-0.2, 0) is 0 Å². The first-order valence-electron chi connectivity index (χ1n) is 5.82. The van der Waals surface area contributed by atoms with Crippen LogP contribution in [0.4, 0.5) is 0 Å². The fourth-order valence-corrected chi connectivity index (χ4v) is 3.66. The number of benzene rings is 1. The summed E-state index contributed by atoms with van der Waals surface area (Å²) in [5.41, 5.74) is 4.92. The van der Waals surface area contributed by atoms with Gasteiger partial charge in [0, 0.05) is 0 Å². The zero-order valence-corrected chi connectivity index (χ0v) is 10.5. The topological polar surface area (TPSA) is 28.7 Å². The van der Waals surface area contributed by atoms with E-state index < -0.39 is 0 Å². The van der Waals surface area contributed by atoms with Gasteiger partial charge in [0.25, 0.3) is 0 Å². The highest BCUT2D eigenvalue weighted by molar-refractivity contribution is 7.99. The van der Waals surface area contributed by atoms with Gasteiger partial charge in [0.15, 0.2) is 0 Å².